The second kappa shape index (κ2) is 9.84. The molecule has 0 spiro atoms. The van der Waals surface area contributed by atoms with Crippen LogP contribution < -0.4 is 0 Å². The van der Waals surface area contributed by atoms with Gasteiger partial charge in [-0.2, -0.15) is 5.26 Å². The number of hydrogen-bond donors (Lipinski definition) is 2. The van der Waals surface area contributed by atoms with Crippen molar-refractivity contribution in [2.45, 2.75) is 87.9 Å². The quantitative estimate of drug-likeness (QED) is 0.202. The van der Waals surface area contributed by atoms with Crippen LogP contribution in [0.5, 0.6) is 11.5 Å². The number of phenols is 2. The van der Waals surface area contributed by atoms with Crippen molar-refractivity contribution in [3.63, 3.8) is 0 Å². The fourth-order valence-corrected chi connectivity index (χ4v) is 13.0. The topological polar surface area (TPSA) is 108 Å². The third kappa shape index (κ3) is 4.16. The molecule has 7 nitrogen and oxygen atoms in total. The van der Waals surface area contributed by atoms with E-state index in [0.717, 1.165) is 80.2 Å². The molecule has 8 aliphatic carbocycles. The lowest BCUT2D eigenvalue weighted by atomic mass is 9.49. The van der Waals surface area contributed by atoms with Crippen molar-refractivity contribution in [2.75, 3.05) is 0 Å². The monoisotopic (exact) mass is 647 g/mol. The van der Waals surface area contributed by atoms with Crippen molar-refractivity contribution in [1.29, 1.82) is 5.26 Å². The number of nitrogens with zero attached hydrogens (tertiary/aromatic N) is 5. The molecule has 0 radical (unpaired) electrons. The van der Waals surface area contributed by atoms with Gasteiger partial charge in [0.15, 0.2) is 5.82 Å². The van der Waals surface area contributed by atoms with Gasteiger partial charge in [0.25, 0.3) is 0 Å². The minimum atomic E-state index is 0.0123. The van der Waals surface area contributed by atoms with Crippen LogP contribution in [0.1, 0.15) is 94.3 Å². The number of phenolic OH excluding ortho intramolecular Hbond substituents is 2. The maximum atomic E-state index is 10.5. The molecule has 8 saturated carbocycles. The predicted octanol–water partition coefficient (Wildman–Crippen LogP) is 8.85. The summed E-state index contributed by atoms with van der Waals surface area (Å²) in [6.45, 7) is 0. The molecule has 0 saturated heterocycles. The van der Waals surface area contributed by atoms with Crippen molar-refractivity contribution >= 4 is 21.8 Å². The molecule has 2 N–H and O–H groups in total. The minimum absolute atomic E-state index is 0.0123. The summed E-state index contributed by atoms with van der Waals surface area (Å²) in [7, 11) is 0. The van der Waals surface area contributed by atoms with Gasteiger partial charge in [0, 0.05) is 27.2 Å². The summed E-state index contributed by atoms with van der Waals surface area (Å²) in [4.78, 5) is 16.7. The number of aromatic nitrogens is 4. The lowest BCUT2D eigenvalue weighted by Crippen LogP contribution is -2.51. The Morgan fingerprint density at radius 1 is 0.592 bits per heavy atom. The van der Waals surface area contributed by atoms with Crippen LogP contribution in [0.2, 0.25) is 0 Å². The first kappa shape index (κ1) is 28.4. The van der Waals surface area contributed by atoms with E-state index in [1.807, 2.05) is 30.3 Å². The van der Waals surface area contributed by atoms with Gasteiger partial charge in [0.05, 0.1) is 28.4 Å². The third-order valence-corrected chi connectivity index (χ3v) is 14.0. The summed E-state index contributed by atoms with van der Waals surface area (Å²) < 4.78 is 2.18. The van der Waals surface area contributed by atoms with Crippen LogP contribution in [0, 0.1) is 46.8 Å². The Labute approximate surface area is 286 Å². The average Bonchev–Trinajstić information content (AvgIpc) is 3.39. The van der Waals surface area contributed by atoms with E-state index in [9.17, 15) is 15.5 Å². The van der Waals surface area contributed by atoms with Gasteiger partial charge in [-0.3, -0.25) is 0 Å². The average molecular weight is 648 g/mol. The molecule has 8 fully saturated rings. The van der Waals surface area contributed by atoms with Crippen LogP contribution in [-0.2, 0) is 10.8 Å². The molecular weight excluding hydrogens is 606 g/mol. The first-order valence-electron chi connectivity index (χ1n) is 18.6. The third-order valence-electron chi connectivity index (χ3n) is 14.0. The number of benzene rings is 3. The van der Waals surface area contributed by atoms with Gasteiger partial charge in [-0.15, -0.1) is 0 Å². The summed E-state index contributed by atoms with van der Waals surface area (Å²) in [5.74, 6) is 7.73. The van der Waals surface area contributed by atoms with Crippen LogP contribution in [0.4, 0.5) is 0 Å². The highest BCUT2D eigenvalue weighted by molar-refractivity contribution is 6.10. The maximum Gasteiger partial charge on any atom is 0.165 e. The molecule has 13 rings (SSSR count). The molecule has 0 atom stereocenters. The Morgan fingerprint density at radius 2 is 1.04 bits per heavy atom. The second-order valence-corrected chi connectivity index (χ2v) is 17.3. The molecule has 2 heterocycles. The summed E-state index contributed by atoms with van der Waals surface area (Å²) in [6.07, 6.45) is 15.3. The highest BCUT2D eigenvalue weighted by Crippen LogP contribution is 2.62. The minimum Gasteiger partial charge on any atom is -0.508 e. The Balaban J connectivity index is 1.17. The summed E-state index contributed by atoms with van der Waals surface area (Å²) in [6, 6.07) is 19.1. The molecule has 2 aromatic heterocycles. The molecule has 246 valence electrons. The fraction of sp³-hybridized carbons (Fsp3) is 0.476. The van der Waals surface area contributed by atoms with Crippen LogP contribution in [0.15, 0.2) is 54.6 Å². The van der Waals surface area contributed by atoms with E-state index in [2.05, 4.69) is 10.6 Å². The van der Waals surface area contributed by atoms with E-state index in [-0.39, 0.29) is 22.3 Å². The summed E-state index contributed by atoms with van der Waals surface area (Å²) in [5, 5.41) is 32.9. The molecule has 3 aromatic carbocycles. The number of hydrogen-bond acceptors (Lipinski definition) is 6. The molecule has 0 unspecified atom stereocenters. The van der Waals surface area contributed by atoms with Crippen molar-refractivity contribution in [3.05, 3.63) is 71.8 Å². The molecule has 8 aliphatic rings. The lowest BCUT2D eigenvalue weighted by Gasteiger charge is -2.57. The predicted molar refractivity (Wildman–Crippen MR) is 187 cm³/mol. The Morgan fingerprint density at radius 3 is 1.47 bits per heavy atom. The number of nitriles is 1. The second-order valence-electron chi connectivity index (χ2n) is 17.3. The van der Waals surface area contributed by atoms with Gasteiger partial charge in [-0.05, 0) is 167 Å². The van der Waals surface area contributed by atoms with Crippen molar-refractivity contribution in [2.24, 2.45) is 35.5 Å². The normalized spacial score (nSPS) is 33.9. The van der Waals surface area contributed by atoms with Gasteiger partial charge in [0.2, 0.25) is 0 Å². The highest BCUT2D eigenvalue weighted by Gasteiger charge is 2.56. The van der Waals surface area contributed by atoms with Gasteiger partial charge >= 0.3 is 0 Å². The molecule has 7 heteroatoms. The first-order valence-corrected chi connectivity index (χ1v) is 18.6. The Kier molecular flexibility index (Phi) is 5.70. The lowest BCUT2D eigenvalue weighted by molar-refractivity contribution is -0.0155. The number of aromatic hydroxyl groups is 2. The maximum absolute atomic E-state index is 10.5. The number of fused-ring (bicyclic) bond motifs is 3. The number of rotatable bonds is 4. The smallest absolute Gasteiger partial charge is 0.165 e. The van der Waals surface area contributed by atoms with Crippen molar-refractivity contribution < 1.29 is 10.2 Å². The molecule has 49 heavy (non-hydrogen) atoms. The van der Waals surface area contributed by atoms with E-state index >= 15 is 0 Å². The molecule has 5 aromatic rings. The summed E-state index contributed by atoms with van der Waals surface area (Å²) >= 11 is 0. The van der Waals surface area contributed by atoms with Crippen LogP contribution in [0.3, 0.4) is 0 Å². The van der Waals surface area contributed by atoms with E-state index < -0.39 is 0 Å². The van der Waals surface area contributed by atoms with Gasteiger partial charge in [-0.25, -0.2) is 15.0 Å². The van der Waals surface area contributed by atoms with Gasteiger partial charge in [-0.1, -0.05) is 0 Å². The molecule has 8 bridgehead atoms. The summed E-state index contributed by atoms with van der Waals surface area (Å²) in [5.41, 5.74) is 4.12. The van der Waals surface area contributed by atoms with E-state index in [1.165, 1.54) is 77.0 Å². The Bertz CT molecular complexity index is 2070. The highest BCUT2D eigenvalue weighted by atomic mass is 16.3. The SMILES string of the molecule is N#Cc1ccc(-n2c3ccc(O)cc3c3cc(O)ccc32)c(-c2nc(C34CC5CC(CC(C5)C3)C4)nc(C34CC5CC(CC(C5)C3)C4)n2)c1. The van der Waals surface area contributed by atoms with E-state index in [0.29, 0.717) is 11.4 Å². The van der Waals surface area contributed by atoms with Gasteiger partial charge in [0.1, 0.15) is 23.1 Å². The van der Waals surface area contributed by atoms with E-state index in [1.54, 1.807) is 24.3 Å². The molecule has 0 aliphatic heterocycles. The zero-order valence-corrected chi connectivity index (χ0v) is 27.8. The largest absolute Gasteiger partial charge is 0.508 e. The van der Waals surface area contributed by atoms with Crippen LogP contribution >= 0.6 is 0 Å². The fourth-order valence-electron chi connectivity index (χ4n) is 13.0. The van der Waals surface area contributed by atoms with Crippen LogP contribution in [-0.4, -0.2) is 29.7 Å². The zero-order valence-electron chi connectivity index (χ0n) is 27.8. The Hall–Kier alpha value is -4.44. The standard InChI is InChI=1S/C42H41N5O2/c43-22-23-1-4-37(47-35-5-2-30(48)14-32(35)33-15-31(49)3-6-36(33)47)34(13-23)38-44-39(41-16-24-7-25(17-41)9-26(8-24)18-41)46-40(45-38)42-19-27-10-28(20-42)12-29(11-27)21-42/h1-6,13-15,24-29,48-49H,7-12,16-21H2. The van der Waals surface area contributed by atoms with Crippen molar-refractivity contribution in [3.8, 4) is 34.6 Å². The zero-order chi connectivity index (χ0) is 32.6. The first-order chi connectivity index (χ1) is 23.8. The molecular formula is C42H41N5O2. The van der Waals surface area contributed by atoms with E-state index in [4.69, 9.17) is 15.0 Å². The van der Waals surface area contributed by atoms with Crippen LogP contribution in [0.25, 0.3) is 38.9 Å². The molecule has 0 amide bonds. The van der Waals surface area contributed by atoms with Gasteiger partial charge < -0.3 is 14.8 Å². The van der Waals surface area contributed by atoms with Crippen molar-refractivity contribution in [1.82, 2.24) is 19.5 Å².